The second-order valence-corrected chi connectivity index (χ2v) is 6.80. The number of aromatic nitrogens is 3. The van der Waals surface area contributed by atoms with E-state index in [4.69, 9.17) is 4.42 Å². The van der Waals surface area contributed by atoms with Crippen molar-refractivity contribution in [3.63, 3.8) is 0 Å². The van der Waals surface area contributed by atoms with Crippen molar-refractivity contribution in [3.8, 4) is 17.1 Å². The lowest BCUT2D eigenvalue weighted by atomic mass is 10.1. The van der Waals surface area contributed by atoms with Crippen molar-refractivity contribution in [1.82, 2.24) is 14.8 Å². The number of rotatable bonds is 2. The van der Waals surface area contributed by atoms with Crippen molar-refractivity contribution in [2.45, 2.75) is 0 Å². The lowest BCUT2D eigenvalue weighted by Gasteiger charge is -2.07. The van der Waals surface area contributed by atoms with E-state index in [1.165, 1.54) is 5.39 Å². The van der Waals surface area contributed by atoms with Gasteiger partial charge in [0.1, 0.15) is 0 Å². The third-order valence-corrected chi connectivity index (χ3v) is 5.20. The van der Waals surface area contributed by atoms with Gasteiger partial charge in [-0.3, -0.25) is 4.57 Å². The van der Waals surface area contributed by atoms with Crippen molar-refractivity contribution in [2.75, 3.05) is 0 Å². The molecule has 0 spiro atoms. The lowest BCUT2D eigenvalue weighted by Crippen LogP contribution is -2.00. The highest BCUT2D eigenvalue weighted by Gasteiger charge is 2.17. The van der Waals surface area contributed by atoms with E-state index in [1.54, 1.807) is 6.26 Å². The molecule has 28 heavy (non-hydrogen) atoms. The van der Waals surface area contributed by atoms with Gasteiger partial charge in [0.2, 0.25) is 0 Å². The van der Waals surface area contributed by atoms with Gasteiger partial charge in [-0.2, -0.15) is 0 Å². The zero-order valence-corrected chi connectivity index (χ0v) is 14.9. The number of hydrogen-bond acceptors (Lipinski definition) is 3. The number of furan rings is 1. The first-order chi connectivity index (χ1) is 13.9. The smallest absolute Gasteiger partial charge is 0.160 e. The van der Waals surface area contributed by atoms with Crippen LogP contribution in [0.1, 0.15) is 0 Å². The van der Waals surface area contributed by atoms with E-state index < -0.39 is 0 Å². The molecule has 0 aliphatic heterocycles. The molecule has 0 amide bonds. The Balaban J connectivity index is 1.66. The van der Waals surface area contributed by atoms with Crippen molar-refractivity contribution in [1.29, 1.82) is 0 Å². The van der Waals surface area contributed by atoms with E-state index in [0.717, 1.165) is 44.5 Å². The van der Waals surface area contributed by atoms with E-state index in [9.17, 15) is 0 Å². The van der Waals surface area contributed by atoms with Gasteiger partial charge in [0.05, 0.1) is 23.0 Å². The van der Waals surface area contributed by atoms with Gasteiger partial charge < -0.3 is 4.42 Å². The highest BCUT2D eigenvalue weighted by Crippen LogP contribution is 2.36. The number of fused-ring (bicyclic) bond motifs is 5. The SMILES string of the molecule is c1ccc(-c2ccc(-n3c4ccccc4c4ccc5ccoc5c43)nn2)cc1. The van der Waals surface area contributed by atoms with Crippen LogP contribution in [0.4, 0.5) is 0 Å². The fourth-order valence-corrected chi connectivity index (χ4v) is 3.92. The molecule has 3 heterocycles. The molecule has 132 valence electrons. The van der Waals surface area contributed by atoms with E-state index in [1.807, 2.05) is 54.6 Å². The zero-order chi connectivity index (χ0) is 18.5. The molecule has 4 nitrogen and oxygen atoms in total. The van der Waals surface area contributed by atoms with Crippen molar-refractivity contribution >= 4 is 32.8 Å². The van der Waals surface area contributed by atoms with Crippen LogP contribution < -0.4 is 0 Å². The largest absolute Gasteiger partial charge is 0.462 e. The minimum absolute atomic E-state index is 0.773. The van der Waals surface area contributed by atoms with Crippen LogP contribution in [0.15, 0.2) is 95.6 Å². The van der Waals surface area contributed by atoms with Crippen LogP contribution in [0.2, 0.25) is 0 Å². The van der Waals surface area contributed by atoms with Gasteiger partial charge >= 0.3 is 0 Å². The predicted octanol–water partition coefficient (Wildman–Crippen LogP) is 5.99. The van der Waals surface area contributed by atoms with Crippen LogP contribution in [0.3, 0.4) is 0 Å². The van der Waals surface area contributed by atoms with Crippen LogP contribution in [0.25, 0.3) is 49.9 Å². The quantitative estimate of drug-likeness (QED) is 0.381. The highest BCUT2D eigenvalue weighted by atomic mass is 16.3. The standard InChI is InChI=1S/C24H15N3O/c1-2-6-16(7-3-1)20-12-13-22(26-25-20)27-21-9-5-4-8-18(21)19-11-10-17-14-15-28-24(17)23(19)27/h1-15H. The van der Waals surface area contributed by atoms with Crippen LogP contribution in [-0.4, -0.2) is 14.8 Å². The highest BCUT2D eigenvalue weighted by molar-refractivity contribution is 6.16. The molecule has 0 saturated heterocycles. The molecule has 6 aromatic rings. The predicted molar refractivity (Wildman–Crippen MR) is 112 cm³/mol. The summed E-state index contributed by atoms with van der Waals surface area (Å²) >= 11 is 0. The number of benzene rings is 3. The van der Waals surface area contributed by atoms with E-state index in [2.05, 4.69) is 45.1 Å². The molecular weight excluding hydrogens is 346 g/mol. The first-order valence-electron chi connectivity index (χ1n) is 9.19. The third kappa shape index (κ3) is 2.12. The Morgan fingerprint density at radius 1 is 0.679 bits per heavy atom. The summed E-state index contributed by atoms with van der Waals surface area (Å²) in [5, 5.41) is 12.4. The molecular formula is C24H15N3O. The Morgan fingerprint density at radius 3 is 2.39 bits per heavy atom. The number of para-hydroxylation sites is 1. The minimum Gasteiger partial charge on any atom is -0.462 e. The van der Waals surface area contributed by atoms with Gasteiger partial charge in [-0.1, -0.05) is 60.7 Å². The fraction of sp³-hybridized carbons (Fsp3) is 0. The summed E-state index contributed by atoms with van der Waals surface area (Å²) in [5.74, 6) is 0.773. The van der Waals surface area contributed by atoms with Gasteiger partial charge in [-0.05, 0) is 24.3 Å². The molecule has 0 fully saturated rings. The second kappa shape index (κ2) is 5.79. The molecule has 3 aromatic carbocycles. The average molecular weight is 361 g/mol. The van der Waals surface area contributed by atoms with Gasteiger partial charge in [-0.25, -0.2) is 0 Å². The van der Waals surface area contributed by atoms with Gasteiger partial charge in [0, 0.05) is 21.7 Å². The molecule has 0 atom stereocenters. The minimum atomic E-state index is 0.773. The summed E-state index contributed by atoms with van der Waals surface area (Å²) in [6, 6.07) is 28.7. The van der Waals surface area contributed by atoms with Crippen LogP contribution in [0.5, 0.6) is 0 Å². The molecule has 0 saturated carbocycles. The van der Waals surface area contributed by atoms with E-state index in [0.29, 0.717) is 0 Å². The van der Waals surface area contributed by atoms with Gasteiger partial charge in [0.25, 0.3) is 0 Å². The molecule has 0 bridgehead atoms. The molecule has 0 N–H and O–H groups in total. The summed E-state index contributed by atoms with van der Waals surface area (Å²) < 4.78 is 7.98. The maximum absolute atomic E-state index is 5.85. The summed E-state index contributed by atoms with van der Waals surface area (Å²) in [6.45, 7) is 0. The molecule has 0 radical (unpaired) electrons. The van der Waals surface area contributed by atoms with Crippen molar-refractivity contribution in [2.24, 2.45) is 0 Å². The van der Waals surface area contributed by atoms with Crippen molar-refractivity contribution < 1.29 is 4.42 Å². The summed E-state index contributed by atoms with van der Waals surface area (Å²) in [7, 11) is 0. The Kier molecular flexibility index (Phi) is 3.14. The molecule has 0 aliphatic rings. The fourth-order valence-electron chi connectivity index (χ4n) is 3.92. The first kappa shape index (κ1) is 15.2. The van der Waals surface area contributed by atoms with Crippen LogP contribution >= 0.6 is 0 Å². The summed E-state index contributed by atoms with van der Waals surface area (Å²) in [6.07, 6.45) is 1.73. The monoisotopic (exact) mass is 361 g/mol. The Labute approximate surface area is 160 Å². The van der Waals surface area contributed by atoms with E-state index in [-0.39, 0.29) is 0 Å². The normalized spacial score (nSPS) is 11.6. The first-order valence-corrected chi connectivity index (χ1v) is 9.19. The number of nitrogens with zero attached hydrogens (tertiary/aromatic N) is 3. The topological polar surface area (TPSA) is 43.9 Å². The summed E-state index contributed by atoms with van der Waals surface area (Å²) in [5.41, 5.74) is 4.88. The van der Waals surface area contributed by atoms with Crippen molar-refractivity contribution in [3.05, 3.63) is 91.2 Å². The van der Waals surface area contributed by atoms with Gasteiger partial charge in [0.15, 0.2) is 11.4 Å². The molecule has 3 aromatic heterocycles. The average Bonchev–Trinajstić information content (AvgIpc) is 3.37. The lowest BCUT2D eigenvalue weighted by molar-refractivity contribution is 0.618. The molecule has 0 aliphatic carbocycles. The molecule has 6 rings (SSSR count). The summed E-state index contributed by atoms with van der Waals surface area (Å²) in [4.78, 5) is 0. The Bertz CT molecular complexity index is 1440. The Hall–Kier alpha value is -3.92. The van der Waals surface area contributed by atoms with Crippen LogP contribution in [-0.2, 0) is 0 Å². The Morgan fingerprint density at radius 2 is 1.54 bits per heavy atom. The second-order valence-electron chi connectivity index (χ2n) is 6.80. The maximum atomic E-state index is 5.85. The van der Waals surface area contributed by atoms with Crippen LogP contribution in [0, 0.1) is 0 Å². The maximum Gasteiger partial charge on any atom is 0.160 e. The molecule has 4 heteroatoms. The number of hydrogen-bond donors (Lipinski definition) is 0. The van der Waals surface area contributed by atoms with Gasteiger partial charge in [-0.15, -0.1) is 10.2 Å². The van der Waals surface area contributed by atoms with E-state index >= 15 is 0 Å². The third-order valence-electron chi connectivity index (χ3n) is 5.20. The zero-order valence-electron chi connectivity index (χ0n) is 14.9. The molecule has 0 unspecified atom stereocenters.